The number of hydrogen-bond acceptors (Lipinski definition) is 5. The van der Waals surface area contributed by atoms with Crippen LogP contribution in [0.25, 0.3) is 0 Å². The molecule has 3 rings (SSSR count). The first-order chi connectivity index (χ1) is 12.6. The summed E-state index contributed by atoms with van der Waals surface area (Å²) >= 11 is 5.13. The average Bonchev–Trinajstić information content (AvgIpc) is 3.01. The van der Waals surface area contributed by atoms with Crippen LogP contribution in [0.15, 0.2) is 53.6 Å². The highest BCUT2D eigenvalue weighted by Crippen LogP contribution is 2.14. The van der Waals surface area contributed by atoms with Crippen LogP contribution in [0.4, 0.5) is 4.39 Å². The third-order valence-electron chi connectivity index (χ3n) is 3.53. The van der Waals surface area contributed by atoms with Crippen LogP contribution in [-0.2, 0) is 6.42 Å². The molecular weight excluding hydrogens is 355 g/mol. The molecule has 0 fully saturated rings. The lowest BCUT2D eigenvalue weighted by atomic mass is 10.2. The maximum atomic E-state index is 12.9. The second-order valence-electron chi connectivity index (χ2n) is 5.32. The van der Waals surface area contributed by atoms with E-state index in [4.69, 9.17) is 17.0 Å². The number of aryl methyl sites for hydroxylation is 1. The van der Waals surface area contributed by atoms with E-state index in [1.807, 2.05) is 6.92 Å². The third-order valence-corrected chi connectivity index (χ3v) is 3.79. The van der Waals surface area contributed by atoms with Crippen molar-refractivity contribution in [2.45, 2.75) is 13.3 Å². The average molecular weight is 370 g/mol. The largest absolute Gasteiger partial charge is 0.423 e. The fourth-order valence-corrected chi connectivity index (χ4v) is 2.37. The number of rotatable bonds is 5. The van der Waals surface area contributed by atoms with E-state index in [9.17, 15) is 9.18 Å². The summed E-state index contributed by atoms with van der Waals surface area (Å²) in [6, 6.07) is 12.0. The number of hydrogen-bond donors (Lipinski definition) is 1. The summed E-state index contributed by atoms with van der Waals surface area (Å²) in [5.74, 6) is 0.152. The smallest absolute Gasteiger partial charge is 0.343 e. The fraction of sp³-hybridized carbons (Fsp3) is 0.111. The summed E-state index contributed by atoms with van der Waals surface area (Å²) in [5.41, 5.74) is 1.08. The number of aromatic amines is 1. The lowest BCUT2D eigenvalue weighted by molar-refractivity contribution is 0.0734. The van der Waals surface area contributed by atoms with Gasteiger partial charge in [-0.05, 0) is 66.3 Å². The molecule has 1 N–H and O–H groups in total. The molecule has 0 radical (unpaired) electrons. The first-order valence-electron chi connectivity index (χ1n) is 7.85. The highest BCUT2D eigenvalue weighted by molar-refractivity contribution is 7.71. The van der Waals surface area contributed by atoms with Gasteiger partial charge in [0, 0.05) is 6.42 Å². The van der Waals surface area contributed by atoms with Gasteiger partial charge in [0.05, 0.1) is 11.8 Å². The third kappa shape index (κ3) is 4.09. The first-order valence-corrected chi connectivity index (χ1v) is 8.26. The van der Waals surface area contributed by atoms with Crippen molar-refractivity contribution in [1.82, 2.24) is 14.9 Å². The number of nitrogens with one attached hydrogen (secondary N) is 1. The van der Waals surface area contributed by atoms with Crippen LogP contribution >= 0.6 is 12.2 Å². The van der Waals surface area contributed by atoms with Gasteiger partial charge in [0.1, 0.15) is 11.6 Å². The molecular formula is C18H15FN4O2S. The van der Waals surface area contributed by atoms with Crippen LogP contribution < -0.4 is 4.74 Å². The highest BCUT2D eigenvalue weighted by Gasteiger charge is 2.08. The monoisotopic (exact) mass is 370 g/mol. The van der Waals surface area contributed by atoms with E-state index in [2.05, 4.69) is 15.3 Å². The Labute approximate surface area is 153 Å². The molecule has 0 atom stereocenters. The van der Waals surface area contributed by atoms with Gasteiger partial charge < -0.3 is 4.74 Å². The van der Waals surface area contributed by atoms with Gasteiger partial charge in [-0.2, -0.15) is 14.9 Å². The van der Waals surface area contributed by atoms with Crippen LogP contribution in [0.2, 0.25) is 0 Å². The second-order valence-corrected chi connectivity index (χ2v) is 5.71. The number of nitrogens with zero attached hydrogens (tertiary/aromatic N) is 3. The van der Waals surface area contributed by atoms with Gasteiger partial charge in [-0.25, -0.2) is 9.18 Å². The van der Waals surface area contributed by atoms with Crippen molar-refractivity contribution < 1.29 is 13.9 Å². The molecule has 0 aliphatic rings. The predicted octanol–water partition coefficient (Wildman–Crippen LogP) is 3.74. The Morgan fingerprint density at radius 3 is 2.62 bits per heavy atom. The maximum absolute atomic E-state index is 12.9. The number of halogens is 1. The molecule has 0 saturated heterocycles. The Bertz CT molecular complexity index is 991. The normalized spacial score (nSPS) is 11.0. The topological polar surface area (TPSA) is 72.3 Å². The standard InChI is InChI=1S/C18H15FN4O2S/c1-2-16-21-22-18(26)23(16)20-11-12-3-9-15(10-4-12)25-17(24)13-5-7-14(19)8-6-13/h3-11H,2H2,1H3,(H,22,26)/b20-11-. The minimum Gasteiger partial charge on any atom is -0.423 e. The van der Waals surface area contributed by atoms with E-state index in [0.29, 0.717) is 16.9 Å². The van der Waals surface area contributed by atoms with E-state index in [0.717, 1.165) is 11.4 Å². The molecule has 0 aliphatic carbocycles. The molecule has 2 aromatic carbocycles. The van der Waals surface area contributed by atoms with Crippen molar-refractivity contribution >= 4 is 24.4 Å². The van der Waals surface area contributed by atoms with Crippen molar-refractivity contribution in [3.05, 3.63) is 76.1 Å². The Hall–Kier alpha value is -3.13. The molecule has 0 amide bonds. The summed E-state index contributed by atoms with van der Waals surface area (Å²) in [6.45, 7) is 1.96. The summed E-state index contributed by atoms with van der Waals surface area (Å²) < 4.78 is 20.1. The number of carbonyl (C=O) groups is 1. The van der Waals surface area contributed by atoms with Gasteiger partial charge in [0.2, 0.25) is 4.77 Å². The Morgan fingerprint density at radius 2 is 1.96 bits per heavy atom. The number of ether oxygens (including phenoxy) is 1. The van der Waals surface area contributed by atoms with Crippen molar-refractivity contribution in [2.75, 3.05) is 0 Å². The SMILES string of the molecule is CCc1n[nH]c(=S)n1/N=C\c1ccc(OC(=O)c2ccc(F)cc2)cc1. The molecule has 1 aromatic heterocycles. The Kier molecular flexibility index (Phi) is 5.33. The van der Waals surface area contributed by atoms with Gasteiger partial charge >= 0.3 is 5.97 Å². The van der Waals surface area contributed by atoms with E-state index in [-0.39, 0.29) is 5.56 Å². The van der Waals surface area contributed by atoms with Crippen LogP contribution in [-0.4, -0.2) is 27.1 Å². The van der Waals surface area contributed by atoms with E-state index in [1.165, 1.54) is 24.3 Å². The molecule has 1 heterocycles. The van der Waals surface area contributed by atoms with E-state index >= 15 is 0 Å². The molecule has 26 heavy (non-hydrogen) atoms. The van der Waals surface area contributed by atoms with Gasteiger partial charge in [0.25, 0.3) is 0 Å². The number of carbonyl (C=O) groups excluding carboxylic acids is 1. The molecule has 0 saturated carbocycles. The quantitative estimate of drug-likeness (QED) is 0.321. The van der Waals surface area contributed by atoms with Gasteiger partial charge in [-0.15, -0.1) is 0 Å². The van der Waals surface area contributed by atoms with Gasteiger partial charge in [-0.3, -0.25) is 5.10 Å². The minimum absolute atomic E-state index is 0.276. The lowest BCUT2D eigenvalue weighted by Gasteiger charge is -2.04. The Balaban J connectivity index is 1.69. The number of H-pyrrole nitrogens is 1. The molecule has 8 heteroatoms. The van der Waals surface area contributed by atoms with E-state index < -0.39 is 11.8 Å². The summed E-state index contributed by atoms with van der Waals surface area (Å²) in [7, 11) is 0. The van der Waals surface area contributed by atoms with Gasteiger partial charge in [0.15, 0.2) is 5.82 Å². The zero-order valence-corrected chi connectivity index (χ0v) is 14.7. The molecule has 3 aromatic rings. The number of benzene rings is 2. The maximum Gasteiger partial charge on any atom is 0.343 e. The number of esters is 1. The van der Waals surface area contributed by atoms with Crippen molar-refractivity contribution in [3.63, 3.8) is 0 Å². The summed E-state index contributed by atoms with van der Waals surface area (Å²) in [5, 5.41) is 11.1. The van der Waals surface area contributed by atoms with E-state index in [1.54, 1.807) is 35.2 Å². The minimum atomic E-state index is -0.552. The number of aromatic nitrogens is 3. The molecule has 0 aliphatic heterocycles. The van der Waals surface area contributed by atoms with Crippen LogP contribution in [0, 0.1) is 10.6 Å². The molecule has 132 valence electrons. The van der Waals surface area contributed by atoms with Crippen molar-refractivity contribution in [3.8, 4) is 5.75 Å². The van der Waals surface area contributed by atoms with Crippen molar-refractivity contribution in [2.24, 2.45) is 5.10 Å². The Morgan fingerprint density at radius 1 is 1.27 bits per heavy atom. The molecule has 0 bridgehead atoms. The lowest BCUT2D eigenvalue weighted by Crippen LogP contribution is -2.08. The van der Waals surface area contributed by atoms with Crippen LogP contribution in [0.1, 0.15) is 28.7 Å². The zero-order chi connectivity index (χ0) is 18.5. The highest BCUT2D eigenvalue weighted by atomic mass is 32.1. The summed E-state index contributed by atoms with van der Waals surface area (Å²) in [6.07, 6.45) is 2.33. The van der Waals surface area contributed by atoms with Gasteiger partial charge in [-0.1, -0.05) is 6.92 Å². The summed E-state index contributed by atoms with van der Waals surface area (Å²) in [4.78, 5) is 12.0. The first kappa shape index (κ1) is 17.7. The van der Waals surface area contributed by atoms with Crippen LogP contribution in [0.5, 0.6) is 5.75 Å². The fourth-order valence-electron chi connectivity index (χ4n) is 2.17. The van der Waals surface area contributed by atoms with Crippen LogP contribution in [0.3, 0.4) is 0 Å². The van der Waals surface area contributed by atoms with Crippen molar-refractivity contribution in [1.29, 1.82) is 0 Å². The zero-order valence-electron chi connectivity index (χ0n) is 13.8. The molecule has 6 nitrogen and oxygen atoms in total. The predicted molar refractivity (Wildman–Crippen MR) is 97.6 cm³/mol. The molecule has 0 spiro atoms. The molecule has 0 unspecified atom stereocenters. The second kappa shape index (κ2) is 7.83.